The molecule has 5 rings (SSSR count). The number of carbonyl (C=O) groups excluding carboxylic acids is 2. The summed E-state index contributed by atoms with van der Waals surface area (Å²) in [5.74, 6) is -1.66. The second kappa shape index (κ2) is 10.9. The van der Waals surface area contributed by atoms with Crippen molar-refractivity contribution in [2.24, 2.45) is 0 Å². The molecule has 0 radical (unpaired) electrons. The Hall–Kier alpha value is -4.15. The van der Waals surface area contributed by atoms with Gasteiger partial charge in [-0.3, -0.25) is 23.5 Å². The van der Waals surface area contributed by atoms with E-state index in [1.54, 1.807) is 49.4 Å². The van der Waals surface area contributed by atoms with Crippen molar-refractivity contribution < 1.29 is 18.4 Å². The highest BCUT2D eigenvalue weighted by Crippen LogP contribution is 2.41. The van der Waals surface area contributed by atoms with Crippen LogP contribution in [0.5, 0.6) is 0 Å². The van der Waals surface area contributed by atoms with Crippen LogP contribution in [-0.4, -0.2) is 49.6 Å². The smallest absolute Gasteiger partial charge is 0.331 e. The predicted molar refractivity (Wildman–Crippen MR) is 138 cm³/mol. The lowest BCUT2D eigenvalue weighted by molar-refractivity contribution is -0.139. The molecule has 0 spiro atoms. The van der Waals surface area contributed by atoms with Crippen LogP contribution in [-0.2, 0) is 22.7 Å². The van der Waals surface area contributed by atoms with E-state index in [-0.39, 0.29) is 31.1 Å². The van der Waals surface area contributed by atoms with Gasteiger partial charge in [0.2, 0.25) is 17.8 Å². The summed E-state index contributed by atoms with van der Waals surface area (Å²) in [7, 11) is 0. The Balaban J connectivity index is 1.39. The summed E-state index contributed by atoms with van der Waals surface area (Å²) in [4.78, 5) is 56.4. The van der Waals surface area contributed by atoms with Crippen molar-refractivity contribution in [2.75, 3.05) is 6.54 Å². The van der Waals surface area contributed by atoms with Crippen LogP contribution < -0.4 is 16.6 Å². The predicted octanol–water partition coefficient (Wildman–Crippen LogP) is 2.29. The highest BCUT2D eigenvalue weighted by molar-refractivity contribution is 5.88. The SMILES string of the molecule is CCn1c(=O)ccn(CC(=O)N2C[C@H](F)C[C@H]2C(=O)N[C@@H](c2ccccc2)c2ccc(C3CC3)c(F)n2)c1=O. The molecule has 1 N–H and O–H groups in total. The highest BCUT2D eigenvalue weighted by atomic mass is 19.1. The molecule has 1 aliphatic heterocycles. The van der Waals surface area contributed by atoms with Gasteiger partial charge in [0.1, 0.15) is 18.8 Å². The van der Waals surface area contributed by atoms with Crippen molar-refractivity contribution in [1.82, 2.24) is 24.3 Å². The Labute approximate surface area is 223 Å². The maximum Gasteiger partial charge on any atom is 0.331 e. The molecular formula is C28H29F2N5O4. The molecule has 2 aliphatic rings. The topological polar surface area (TPSA) is 106 Å². The number of aromatic nitrogens is 3. The third kappa shape index (κ3) is 5.52. The molecule has 0 bridgehead atoms. The van der Waals surface area contributed by atoms with Crippen LogP contribution in [0.2, 0.25) is 0 Å². The van der Waals surface area contributed by atoms with Gasteiger partial charge in [0.25, 0.3) is 5.56 Å². The minimum Gasteiger partial charge on any atom is -0.342 e. The van der Waals surface area contributed by atoms with Gasteiger partial charge in [-0.2, -0.15) is 4.39 Å². The number of halogens is 2. The number of nitrogens with zero attached hydrogens (tertiary/aromatic N) is 4. The summed E-state index contributed by atoms with van der Waals surface area (Å²) in [6, 6.07) is 11.5. The van der Waals surface area contributed by atoms with E-state index in [4.69, 9.17) is 0 Å². The van der Waals surface area contributed by atoms with Gasteiger partial charge in [-0.1, -0.05) is 36.4 Å². The van der Waals surface area contributed by atoms with Gasteiger partial charge < -0.3 is 10.2 Å². The number of likely N-dealkylation sites (tertiary alicyclic amines) is 1. The largest absolute Gasteiger partial charge is 0.342 e. The molecule has 1 aliphatic carbocycles. The second-order valence-electron chi connectivity index (χ2n) is 9.95. The van der Waals surface area contributed by atoms with Crippen molar-refractivity contribution in [1.29, 1.82) is 0 Å². The number of hydrogen-bond acceptors (Lipinski definition) is 5. The molecule has 204 valence electrons. The number of amides is 2. The Morgan fingerprint density at radius 1 is 1.10 bits per heavy atom. The summed E-state index contributed by atoms with van der Waals surface area (Å²) in [5, 5.41) is 2.85. The lowest BCUT2D eigenvalue weighted by atomic mass is 10.0. The number of nitrogens with one attached hydrogen (secondary N) is 1. The van der Waals surface area contributed by atoms with E-state index in [0.717, 1.165) is 26.9 Å². The fourth-order valence-corrected chi connectivity index (χ4v) is 5.04. The third-order valence-electron chi connectivity index (χ3n) is 7.27. The molecule has 2 fully saturated rings. The van der Waals surface area contributed by atoms with Crippen LogP contribution >= 0.6 is 0 Å². The number of hydrogen-bond donors (Lipinski definition) is 1. The van der Waals surface area contributed by atoms with Crippen molar-refractivity contribution in [3.05, 3.63) is 98.3 Å². The number of benzene rings is 1. The molecule has 9 nitrogen and oxygen atoms in total. The van der Waals surface area contributed by atoms with E-state index in [1.165, 1.54) is 12.3 Å². The van der Waals surface area contributed by atoms with Crippen molar-refractivity contribution in [3.63, 3.8) is 0 Å². The minimum atomic E-state index is -1.44. The van der Waals surface area contributed by atoms with Crippen LogP contribution in [0.3, 0.4) is 0 Å². The molecule has 2 aromatic heterocycles. The molecule has 3 atom stereocenters. The zero-order valence-corrected chi connectivity index (χ0v) is 21.4. The summed E-state index contributed by atoms with van der Waals surface area (Å²) in [5.41, 5.74) is 0.336. The molecule has 2 amide bonds. The van der Waals surface area contributed by atoms with E-state index in [9.17, 15) is 28.0 Å². The van der Waals surface area contributed by atoms with Crippen molar-refractivity contribution in [2.45, 2.75) is 63.4 Å². The van der Waals surface area contributed by atoms with Crippen LogP contribution in [0.25, 0.3) is 0 Å². The maximum absolute atomic E-state index is 14.8. The summed E-state index contributed by atoms with van der Waals surface area (Å²) in [6.07, 6.45) is 1.39. The van der Waals surface area contributed by atoms with Crippen molar-refractivity contribution in [3.8, 4) is 0 Å². The van der Waals surface area contributed by atoms with Gasteiger partial charge >= 0.3 is 5.69 Å². The highest BCUT2D eigenvalue weighted by Gasteiger charge is 2.41. The van der Waals surface area contributed by atoms with Crippen LogP contribution in [0.15, 0.2) is 64.3 Å². The first-order valence-electron chi connectivity index (χ1n) is 13.0. The monoisotopic (exact) mass is 537 g/mol. The Kier molecular flexibility index (Phi) is 7.40. The molecular weight excluding hydrogens is 508 g/mol. The number of rotatable bonds is 8. The van der Waals surface area contributed by atoms with E-state index >= 15 is 0 Å². The Morgan fingerprint density at radius 2 is 1.85 bits per heavy atom. The van der Waals surface area contributed by atoms with E-state index in [2.05, 4.69) is 10.3 Å². The molecule has 1 saturated carbocycles. The first-order chi connectivity index (χ1) is 18.8. The number of carbonyl (C=O) groups is 2. The average molecular weight is 538 g/mol. The van der Waals surface area contributed by atoms with Gasteiger partial charge in [-0.15, -0.1) is 0 Å². The van der Waals surface area contributed by atoms with Gasteiger partial charge in [0.05, 0.1) is 18.3 Å². The van der Waals surface area contributed by atoms with Crippen LogP contribution in [0.1, 0.15) is 55.0 Å². The van der Waals surface area contributed by atoms with Gasteiger partial charge in [0, 0.05) is 30.8 Å². The lowest BCUT2D eigenvalue weighted by Crippen LogP contribution is -2.49. The quantitative estimate of drug-likeness (QED) is 0.444. The second-order valence-corrected chi connectivity index (χ2v) is 9.95. The number of pyridine rings is 1. The first-order valence-corrected chi connectivity index (χ1v) is 13.0. The summed E-state index contributed by atoms with van der Waals surface area (Å²) >= 11 is 0. The standard InChI is InChI=1S/C28H29F2N5O4/c1-2-34-23(36)12-13-33(28(34)39)16-24(37)35-15-19(29)14-22(35)27(38)32-25(18-6-4-3-5-7-18)21-11-10-20(17-8-9-17)26(30)31-21/h3-7,10-13,17,19,22,25H,2,8-9,14-16H2,1H3,(H,32,38)/t19-,22+,25+/m1/s1. The van der Waals surface area contributed by atoms with Gasteiger partial charge in [-0.05, 0) is 37.3 Å². The minimum absolute atomic E-state index is 0.130. The zero-order valence-electron chi connectivity index (χ0n) is 21.4. The van der Waals surface area contributed by atoms with E-state index in [1.807, 2.05) is 0 Å². The molecule has 0 unspecified atom stereocenters. The average Bonchev–Trinajstić information content (AvgIpc) is 3.69. The molecule has 1 aromatic carbocycles. The normalized spacial score (nSPS) is 19.6. The fourth-order valence-electron chi connectivity index (χ4n) is 5.04. The Bertz CT molecular complexity index is 1500. The number of alkyl halides is 1. The molecule has 1 saturated heterocycles. The fraction of sp³-hybridized carbons (Fsp3) is 0.393. The molecule has 3 aromatic rings. The van der Waals surface area contributed by atoms with Crippen LogP contribution in [0, 0.1) is 5.95 Å². The maximum atomic E-state index is 14.8. The van der Waals surface area contributed by atoms with E-state index < -0.39 is 53.8 Å². The summed E-state index contributed by atoms with van der Waals surface area (Å²) < 4.78 is 31.4. The summed E-state index contributed by atoms with van der Waals surface area (Å²) in [6.45, 7) is 1.00. The first kappa shape index (κ1) is 26.5. The van der Waals surface area contributed by atoms with Gasteiger partial charge in [0.15, 0.2) is 0 Å². The van der Waals surface area contributed by atoms with Gasteiger partial charge in [-0.25, -0.2) is 14.2 Å². The molecule has 11 heteroatoms. The third-order valence-corrected chi connectivity index (χ3v) is 7.27. The van der Waals surface area contributed by atoms with E-state index in [0.29, 0.717) is 11.1 Å². The van der Waals surface area contributed by atoms with Crippen molar-refractivity contribution >= 4 is 11.8 Å². The lowest BCUT2D eigenvalue weighted by Gasteiger charge is -2.27. The molecule has 39 heavy (non-hydrogen) atoms. The van der Waals surface area contributed by atoms with Crippen LogP contribution in [0.4, 0.5) is 8.78 Å². The Morgan fingerprint density at radius 3 is 2.51 bits per heavy atom. The molecule has 3 heterocycles. The zero-order chi connectivity index (χ0) is 27.7.